The van der Waals surface area contributed by atoms with Gasteiger partial charge in [-0.05, 0) is 64.4 Å². The number of para-hydroxylation sites is 1. The van der Waals surface area contributed by atoms with Crippen LogP contribution in [0, 0.1) is 13.8 Å². The van der Waals surface area contributed by atoms with Crippen LogP contribution in [-0.2, 0) is 16.9 Å². The van der Waals surface area contributed by atoms with Crippen molar-refractivity contribution in [2.45, 2.75) is 46.8 Å². The van der Waals surface area contributed by atoms with Gasteiger partial charge in [0.15, 0.2) is 5.60 Å². The first-order chi connectivity index (χ1) is 16.5. The van der Waals surface area contributed by atoms with Crippen LogP contribution in [0.3, 0.4) is 0 Å². The molecule has 174 valence electrons. The number of nitrogens with zero attached hydrogens (tertiary/aromatic N) is 2. The van der Waals surface area contributed by atoms with Crippen LogP contribution in [0.4, 0.5) is 5.69 Å². The number of fused-ring (bicyclic) bond motifs is 2. The van der Waals surface area contributed by atoms with Gasteiger partial charge in [-0.15, -0.1) is 0 Å². The number of aromatic nitrogens is 1. The van der Waals surface area contributed by atoms with Crippen molar-refractivity contribution in [2.24, 2.45) is 0 Å². The van der Waals surface area contributed by atoms with E-state index in [4.69, 9.17) is 4.74 Å². The summed E-state index contributed by atoms with van der Waals surface area (Å²) >= 11 is 0. The van der Waals surface area contributed by atoms with E-state index < -0.39 is 5.60 Å². The average molecular weight is 453 g/mol. The molecule has 0 amide bonds. The molecule has 0 saturated carbocycles. The molecule has 0 fully saturated rings. The van der Waals surface area contributed by atoms with Crippen molar-refractivity contribution >= 4 is 22.6 Å². The predicted octanol–water partition coefficient (Wildman–Crippen LogP) is 6.59. The van der Waals surface area contributed by atoms with Gasteiger partial charge in [-0.2, -0.15) is 0 Å². The molecule has 4 heteroatoms. The van der Waals surface area contributed by atoms with Crippen molar-refractivity contribution in [3.05, 3.63) is 100 Å². The third-order valence-corrected chi connectivity index (χ3v) is 7.39. The van der Waals surface area contributed by atoms with Crippen LogP contribution in [0.1, 0.15) is 59.1 Å². The Balaban J connectivity index is 1.88. The molecule has 0 saturated heterocycles. The number of rotatable bonds is 6. The highest BCUT2D eigenvalue weighted by Crippen LogP contribution is 2.51. The molecule has 0 spiro atoms. The lowest BCUT2D eigenvalue weighted by Gasteiger charge is -2.33. The number of hydrogen-bond acceptors (Lipinski definition) is 3. The third kappa shape index (κ3) is 3.01. The minimum Gasteiger partial charge on any atom is -0.440 e. The number of hydrogen-bond donors (Lipinski definition) is 0. The highest BCUT2D eigenvalue weighted by atomic mass is 16.6. The topological polar surface area (TPSA) is 34.5 Å². The van der Waals surface area contributed by atoms with Gasteiger partial charge in [0.2, 0.25) is 0 Å². The number of ether oxygens (including phenoxy) is 1. The van der Waals surface area contributed by atoms with Crippen LogP contribution in [-0.4, -0.2) is 23.6 Å². The second-order valence-corrected chi connectivity index (χ2v) is 9.01. The summed E-state index contributed by atoms with van der Waals surface area (Å²) < 4.78 is 8.83. The molecule has 1 aliphatic rings. The van der Waals surface area contributed by atoms with E-state index in [9.17, 15) is 4.79 Å². The fraction of sp³-hybridized carbons (Fsp3) is 0.300. The number of carbonyl (C=O) groups is 1. The minimum absolute atomic E-state index is 0.268. The molecule has 4 aromatic rings. The van der Waals surface area contributed by atoms with Gasteiger partial charge in [-0.3, -0.25) is 0 Å². The van der Waals surface area contributed by atoms with E-state index in [-0.39, 0.29) is 5.97 Å². The number of carbonyl (C=O) groups excluding carboxylic acids is 1. The van der Waals surface area contributed by atoms with Gasteiger partial charge < -0.3 is 14.2 Å². The van der Waals surface area contributed by atoms with Crippen LogP contribution < -0.4 is 4.90 Å². The van der Waals surface area contributed by atoms with E-state index >= 15 is 0 Å². The number of aryl methyl sites for hydroxylation is 2. The molecule has 4 nitrogen and oxygen atoms in total. The van der Waals surface area contributed by atoms with E-state index in [0.717, 1.165) is 58.5 Å². The lowest BCUT2D eigenvalue weighted by atomic mass is 9.77. The zero-order valence-electron chi connectivity index (χ0n) is 20.7. The zero-order chi connectivity index (χ0) is 24.0. The molecule has 34 heavy (non-hydrogen) atoms. The molecule has 0 radical (unpaired) electrons. The number of cyclic esters (lactones) is 1. The smallest absolute Gasteiger partial charge is 0.340 e. The third-order valence-electron chi connectivity index (χ3n) is 7.39. The molecule has 2 heterocycles. The van der Waals surface area contributed by atoms with E-state index in [1.807, 2.05) is 18.2 Å². The molecular formula is C30H32N2O2. The maximum atomic E-state index is 13.3. The van der Waals surface area contributed by atoms with Crippen molar-refractivity contribution in [3.8, 4) is 0 Å². The Hall–Kier alpha value is -3.53. The molecular weight excluding hydrogens is 420 g/mol. The molecule has 5 rings (SSSR count). The first-order valence-electron chi connectivity index (χ1n) is 12.2. The Labute approximate surface area is 201 Å². The van der Waals surface area contributed by atoms with Crippen molar-refractivity contribution in [3.63, 3.8) is 0 Å². The number of benzene rings is 3. The quantitative estimate of drug-likeness (QED) is 0.310. The number of esters is 1. The maximum absolute atomic E-state index is 13.3. The van der Waals surface area contributed by atoms with E-state index in [0.29, 0.717) is 5.56 Å². The molecule has 1 aromatic heterocycles. The zero-order valence-corrected chi connectivity index (χ0v) is 20.7. The van der Waals surface area contributed by atoms with Crippen LogP contribution in [0.25, 0.3) is 10.9 Å². The molecule has 0 N–H and O–H groups in total. The molecule has 0 aliphatic carbocycles. The predicted molar refractivity (Wildman–Crippen MR) is 139 cm³/mol. The Morgan fingerprint density at radius 3 is 2.29 bits per heavy atom. The highest BCUT2D eigenvalue weighted by molar-refractivity contribution is 5.99. The maximum Gasteiger partial charge on any atom is 0.340 e. The van der Waals surface area contributed by atoms with Gasteiger partial charge in [0, 0.05) is 58.6 Å². The van der Waals surface area contributed by atoms with Gasteiger partial charge in [0.1, 0.15) is 0 Å². The second kappa shape index (κ2) is 8.35. The van der Waals surface area contributed by atoms with Crippen LogP contribution in [0.5, 0.6) is 0 Å². The fourth-order valence-electron chi connectivity index (χ4n) is 5.85. The Bertz CT molecular complexity index is 1400. The number of anilines is 1. The average Bonchev–Trinajstić information content (AvgIpc) is 3.31. The first-order valence-corrected chi connectivity index (χ1v) is 12.2. The summed E-state index contributed by atoms with van der Waals surface area (Å²) in [7, 11) is 0. The van der Waals surface area contributed by atoms with E-state index in [1.165, 1.54) is 5.69 Å². The second-order valence-electron chi connectivity index (χ2n) is 9.01. The molecule has 0 bridgehead atoms. The van der Waals surface area contributed by atoms with Crippen LogP contribution in [0.15, 0.2) is 66.7 Å². The summed E-state index contributed by atoms with van der Waals surface area (Å²) in [5, 5.41) is 1.12. The normalized spacial score (nSPS) is 17.1. The fourth-order valence-corrected chi connectivity index (χ4v) is 5.85. The lowest BCUT2D eigenvalue weighted by Crippen LogP contribution is -2.31. The summed E-state index contributed by atoms with van der Waals surface area (Å²) in [5.74, 6) is -0.268. The van der Waals surface area contributed by atoms with Gasteiger partial charge in [0.25, 0.3) is 0 Å². The van der Waals surface area contributed by atoms with E-state index in [1.54, 1.807) is 0 Å². The van der Waals surface area contributed by atoms with Crippen LogP contribution >= 0.6 is 0 Å². The Morgan fingerprint density at radius 1 is 0.882 bits per heavy atom. The largest absolute Gasteiger partial charge is 0.440 e. The summed E-state index contributed by atoms with van der Waals surface area (Å²) in [6, 6.07) is 22.9. The summed E-state index contributed by atoms with van der Waals surface area (Å²) in [6.45, 7) is 13.5. The molecule has 1 aliphatic heterocycles. The molecule has 3 aromatic carbocycles. The standard InChI is InChI=1S/C30H32N2O2/c1-6-31(7-2)22-17-18-25(20(4)19-22)30(26-15-11-9-13-23(26)29(33)34-30)28-21(5)32(8-3)27-16-12-10-14-24(27)28/h9-19H,6-8H2,1-5H3. The van der Waals surface area contributed by atoms with Gasteiger partial charge in [-0.1, -0.05) is 42.5 Å². The molecule has 1 atom stereocenters. The van der Waals surface area contributed by atoms with E-state index in [2.05, 4.69) is 92.6 Å². The molecule has 1 unspecified atom stereocenters. The Kier molecular flexibility index (Phi) is 5.47. The minimum atomic E-state index is -0.996. The van der Waals surface area contributed by atoms with Crippen LogP contribution in [0.2, 0.25) is 0 Å². The Morgan fingerprint density at radius 2 is 1.59 bits per heavy atom. The monoisotopic (exact) mass is 452 g/mol. The summed E-state index contributed by atoms with van der Waals surface area (Å²) in [4.78, 5) is 15.6. The summed E-state index contributed by atoms with van der Waals surface area (Å²) in [5.41, 5.74) is 7.22. The van der Waals surface area contributed by atoms with Crippen molar-refractivity contribution in [1.82, 2.24) is 4.57 Å². The van der Waals surface area contributed by atoms with Crippen molar-refractivity contribution < 1.29 is 9.53 Å². The van der Waals surface area contributed by atoms with Crippen molar-refractivity contribution in [1.29, 1.82) is 0 Å². The van der Waals surface area contributed by atoms with Gasteiger partial charge >= 0.3 is 5.97 Å². The van der Waals surface area contributed by atoms with Gasteiger partial charge in [-0.25, -0.2) is 4.79 Å². The first kappa shape index (κ1) is 22.3. The SMILES string of the molecule is CCN(CC)c1ccc(C2(c3c(C)n(CC)c4ccccc34)OC(=O)c3ccccc32)c(C)c1. The highest BCUT2D eigenvalue weighted by Gasteiger charge is 2.51. The summed E-state index contributed by atoms with van der Waals surface area (Å²) in [6.07, 6.45) is 0. The lowest BCUT2D eigenvalue weighted by molar-refractivity contribution is 0.0252. The van der Waals surface area contributed by atoms with Crippen molar-refractivity contribution in [2.75, 3.05) is 18.0 Å². The van der Waals surface area contributed by atoms with Gasteiger partial charge in [0.05, 0.1) is 5.56 Å².